The minimum atomic E-state index is 1.27. The van der Waals surface area contributed by atoms with Gasteiger partial charge in [0.2, 0.25) is 0 Å². The summed E-state index contributed by atoms with van der Waals surface area (Å²) in [6.45, 7) is 8.86. The number of hydrogen-bond acceptors (Lipinski definition) is 2. The molecule has 0 aliphatic carbocycles. The van der Waals surface area contributed by atoms with Crippen molar-refractivity contribution in [3.8, 4) is 0 Å². The van der Waals surface area contributed by atoms with Gasteiger partial charge in [0.05, 0.1) is 0 Å². The molecule has 0 aromatic rings. The van der Waals surface area contributed by atoms with E-state index in [1.807, 2.05) is 25.6 Å². The van der Waals surface area contributed by atoms with Crippen molar-refractivity contribution in [3.05, 3.63) is 0 Å². The highest BCUT2D eigenvalue weighted by Crippen LogP contribution is 2.12. The second-order valence-electron chi connectivity index (χ2n) is 2.16. The van der Waals surface area contributed by atoms with Gasteiger partial charge in [-0.15, -0.1) is 11.8 Å². The Hall–Kier alpha value is 0.310. The predicted octanol–water partition coefficient (Wildman–Crippen LogP) is 2.43. The van der Waals surface area contributed by atoms with Crippen LogP contribution in [0.3, 0.4) is 0 Å². The zero-order valence-corrected chi connectivity index (χ0v) is 8.21. The maximum absolute atomic E-state index is 2.50. The molecule has 1 aliphatic heterocycles. The van der Waals surface area contributed by atoms with Gasteiger partial charge in [-0.2, -0.15) is 0 Å². The lowest BCUT2D eigenvalue weighted by atomic mass is 10.4. The van der Waals surface area contributed by atoms with Crippen molar-refractivity contribution in [3.63, 3.8) is 0 Å². The van der Waals surface area contributed by atoms with E-state index >= 15 is 0 Å². The van der Waals surface area contributed by atoms with E-state index in [0.717, 1.165) is 0 Å². The Labute approximate surface area is 69.2 Å². The number of hydrogen-bond donors (Lipinski definition) is 0. The van der Waals surface area contributed by atoms with Gasteiger partial charge in [-0.05, 0) is 13.0 Å². The van der Waals surface area contributed by atoms with Gasteiger partial charge in [0.25, 0.3) is 0 Å². The molecule has 0 aromatic heterocycles. The fourth-order valence-corrected chi connectivity index (χ4v) is 1.98. The summed E-state index contributed by atoms with van der Waals surface area (Å²) in [5.41, 5.74) is 0. The highest BCUT2D eigenvalue weighted by Gasteiger charge is 2.08. The Balaban J connectivity index is 0.000000371. The van der Waals surface area contributed by atoms with E-state index < -0.39 is 0 Å². The Bertz CT molecular complexity index is 60.3. The smallest absolute Gasteiger partial charge is 0.0445 e. The molecule has 62 valence electrons. The molecule has 2 heteroatoms. The van der Waals surface area contributed by atoms with E-state index in [4.69, 9.17) is 0 Å². The first-order valence-corrected chi connectivity index (χ1v) is 5.39. The molecule has 0 amide bonds. The topological polar surface area (TPSA) is 3.24 Å². The van der Waals surface area contributed by atoms with Crippen LogP contribution in [0, 0.1) is 0 Å². The van der Waals surface area contributed by atoms with Crippen LogP contribution in [0.25, 0.3) is 0 Å². The fourth-order valence-electron chi connectivity index (χ4n) is 0.944. The van der Waals surface area contributed by atoms with Gasteiger partial charge >= 0.3 is 0 Å². The second kappa shape index (κ2) is 7.42. The lowest BCUT2D eigenvalue weighted by Gasteiger charge is -2.10. The van der Waals surface area contributed by atoms with Crippen molar-refractivity contribution in [2.75, 3.05) is 24.7 Å². The minimum absolute atomic E-state index is 1.27. The van der Waals surface area contributed by atoms with Gasteiger partial charge in [-0.25, -0.2) is 0 Å². The largest absolute Gasteiger partial charge is 0.293 e. The van der Waals surface area contributed by atoms with Crippen LogP contribution in [0.2, 0.25) is 0 Å². The van der Waals surface area contributed by atoms with Crippen LogP contribution in [0.15, 0.2) is 0 Å². The first-order valence-electron chi connectivity index (χ1n) is 4.23. The molecule has 1 fully saturated rings. The summed E-state index contributed by atoms with van der Waals surface area (Å²) in [7, 11) is 0. The average molecular weight is 161 g/mol. The minimum Gasteiger partial charge on any atom is -0.293 e. The maximum Gasteiger partial charge on any atom is 0.0445 e. The third-order valence-corrected chi connectivity index (χ3v) is 2.38. The molecule has 0 aromatic carbocycles. The van der Waals surface area contributed by atoms with E-state index in [1.165, 1.54) is 31.1 Å². The van der Waals surface area contributed by atoms with Crippen LogP contribution in [0.5, 0.6) is 0 Å². The molecule has 1 heterocycles. The van der Waals surface area contributed by atoms with Crippen molar-refractivity contribution >= 4 is 11.8 Å². The van der Waals surface area contributed by atoms with Gasteiger partial charge in [0.15, 0.2) is 0 Å². The van der Waals surface area contributed by atoms with Gasteiger partial charge < -0.3 is 0 Å². The fraction of sp³-hybridized carbons (Fsp3) is 1.00. The van der Waals surface area contributed by atoms with Crippen LogP contribution in [-0.4, -0.2) is 29.6 Å². The Morgan fingerprint density at radius 1 is 1.40 bits per heavy atom. The summed E-state index contributed by atoms with van der Waals surface area (Å²) in [6, 6.07) is 0. The summed E-state index contributed by atoms with van der Waals surface area (Å²) in [5, 5.41) is 0. The molecule has 1 saturated heterocycles. The third kappa shape index (κ3) is 4.18. The monoisotopic (exact) mass is 161 g/mol. The zero-order valence-electron chi connectivity index (χ0n) is 7.39. The Kier molecular flexibility index (Phi) is 7.65. The van der Waals surface area contributed by atoms with Crippen molar-refractivity contribution in [1.29, 1.82) is 0 Å². The maximum atomic E-state index is 2.50. The number of rotatable bonds is 2. The van der Waals surface area contributed by atoms with Crippen molar-refractivity contribution in [2.24, 2.45) is 0 Å². The second-order valence-corrected chi connectivity index (χ2v) is 3.23. The van der Waals surface area contributed by atoms with Gasteiger partial charge in [-0.3, -0.25) is 4.90 Å². The molecule has 1 nitrogen and oxygen atoms in total. The highest BCUT2D eigenvalue weighted by atomic mass is 32.2. The van der Waals surface area contributed by atoms with Gasteiger partial charge in [0, 0.05) is 18.2 Å². The molecule has 0 bridgehead atoms. The third-order valence-electron chi connectivity index (χ3n) is 1.37. The first kappa shape index (κ1) is 10.3. The normalized spacial score (nSPS) is 18.3. The molecule has 1 aliphatic rings. The molecule has 0 atom stereocenters. The molecule has 0 N–H and O–H groups in total. The number of thioether (sulfide) groups is 1. The molecule has 0 radical (unpaired) electrons. The number of nitrogens with zero attached hydrogens (tertiary/aromatic N) is 1. The summed E-state index contributed by atoms with van der Waals surface area (Å²) in [5.74, 6) is 2.62. The van der Waals surface area contributed by atoms with Gasteiger partial charge in [-0.1, -0.05) is 20.8 Å². The molecule has 0 saturated carbocycles. The van der Waals surface area contributed by atoms with E-state index in [2.05, 4.69) is 11.8 Å². The SMILES string of the molecule is CC.CCCN1CCSC1. The van der Waals surface area contributed by atoms with E-state index in [1.54, 1.807) is 0 Å². The van der Waals surface area contributed by atoms with Crippen LogP contribution in [-0.2, 0) is 0 Å². The van der Waals surface area contributed by atoms with Crippen LogP contribution >= 0.6 is 11.8 Å². The van der Waals surface area contributed by atoms with E-state index in [0.29, 0.717) is 0 Å². The molecule has 10 heavy (non-hydrogen) atoms. The molecule has 0 spiro atoms. The Morgan fingerprint density at radius 2 is 2.10 bits per heavy atom. The zero-order chi connectivity index (χ0) is 7.82. The average Bonchev–Trinajstić information content (AvgIpc) is 2.46. The van der Waals surface area contributed by atoms with Crippen molar-refractivity contribution in [1.82, 2.24) is 4.90 Å². The summed E-state index contributed by atoms with van der Waals surface area (Å²) >= 11 is 2.05. The molecular formula is C8H19NS. The van der Waals surface area contributed by atoms with Crippen molar-refractivity contribution in [2.45, 2.75) is 27.2 Å². The van der Waals surface area contributed by atoms with Crippen LogP contribution in [0.1, 0.15) is 27.2 Å². The van der Waals surface area contributed by atoms with Crippen LogP contribution in [0.4, 0.5) is 0 Å². The quantitative estimate of drug-likeness (QED) is 0.612. The standard InChI is InChI=1S/C6H13NS.C2H6/c1-2-3-7-4-5-8-6-7;1-2/h2-6H2,1H3;1-2H3. The Morgan fingerprint density at radius 3 is 2.50 bits per heavy atom. The molecular weight excluding hydrogens is 142 g/mol. The van der Waals surface area contributed by atoms with Crippen LogP contribution < -0.4 is 0 Å². The van der Waals surface area contributed by atoms with Crippen molar-refractivity contribution < 1.29 is 0 Å². The molecule has 0 unspecified atom stereocenters. The molecule has 1 rings (SSSR count). The van der Waals surface area contributed by atoms with Gasteiger partial charge in [0.1, 0.15) is 0 Å². The first-order chi connectivity index (χ1) is 4.93. The highest BCUT2D eigenvalue weighted by molar-refractivity contribution is 7.99. The summed E-state index contributed by atoms with van der Waals surface area (Å²) < 4.78 is 0. The van der Waals surface area contributed by atoms with E-state index in [9.17, 15) is 0 Å². The van der Waals surface area contributed by atoms with E-state index in [-0.39, 0.29) is 0 Å². The lowest BCUT2D eigenvalue weighted by molar-refractivity contribution is 0.356. The lowest BCUT2D eigenvalue weighted by Crippen LogP contribution is -2.19. The summed E-state index contributed by atoms with van der Waals surface area (Å²) in [4.78, 5) is 2.50. The predicted molar refractivity (Wildman–Crippen MR) is 50.5 cm³/mol. The summed E-state index contributed by atoms with van der Waals surface area (Å²) in [6.07, 6.45) is 1.31.